The van der Waals surface area contributed by atoms with E-state index >= 15 is 0 Å². The summed E-state index contributed by atoms with van der Waals surface area (Å²) in [6.07, 6.45) is 1.39. The Morgan fingerprint density at radius 3 is 2.50 bits per heavy atom. The molecule has 86 valence electrons. The quantitative estimate of drug-likeness (QED) is 0.485. The molecule has 0 atom stereocenters. The number of benzene rings is 1. The largest absolute Gasteiger partial charge is 0.493 e. The minimum absolute atomic E-state index is 0.111. The molecule has 0 bridgehead atoms. The molecule has 1 rings (SSSR count). The zero-order valence-electron chi connectivity index (χ0n) is 8.77. The fourth-order valence-electron chi connectivity index (χ4n) is 1.13. The molecule has 0 heterocycles. The first kappa shape index (κ1) is 12.5. The molecule has 0 spiro atoms. The summed E-state index contributed by atoms with van der Waals surface area (Å²) in [6, 6.07) is 5.04. The highest BCUT2D eigenvalue weighted by Crippen LogP contribution is 2.28. The molecular formula is C10H10BrNO4. The maximum absolute atomic E-state index is 10.4. The lowest BCUT2D eigenvalue weighted by molar-refractivity contribution is -0.407. The van der Waals surface area contributed by atoms with Gasteiger partial charge in [-0.3, -0.25) is 10.1 Å². The van der Waals surface area contributed by atoms with Crippen molar-refractivity contribution in [3.8, 4) is 11.5 Å². The number of rotatable bonds is 4. The van der Waals surface area contributed by atoms with Gasteiger partial charge in [0.15, 0.2) is 11.5 Å². The summed E-state index contributed by atoms with van der Waals surface area (Å²) >= 11 is 2.85. The monoisotopic (exact) mass is 287 g/mol. The lowest BCUT2D eigenvalue weighted by atomic mass is 10.2. The Bertz CT molecular complexity index is 431. The van der Waals surface area contributed by atoms with Gasteiger partial charge in [0.05, 0.1) is 19.1 Å². The van der Waals surface area contributed by atoms with E-state index in [-0.39, 0.29) is 4.61 Å². The van der Waals surface area contributed by atoms with Crippen LogP contribution in [0.2, 0.25) is 0 Å². The fourth-order valence-corrected chi connectivity index (χ4v) is 1.40. The van der Waals surface area contributed by atoms with Gasteiger partial charge in [-0.25, -0.2) is 0 Å². The molecule has 0 amide bonds. The van der Waals surface area contributed by atoms with E-state index in [1.165, 1.54) is 20.3 Å². The number of halogens is 1. The third kappa shape index (κ3) is 2.96. The van der Waals surface area contributed by atoms with E-state index in [4.69, 9.17) is 9.47 Å². The van der Waals surface area contributed by atoms with Gasteiger partial charge >= 0.3 is 4.61 Å². The van der Waals surface area contributed by atoms with Crippen molar-refractivity contribution in [1.82, 2.24) is 0 Å². The van der Waals surface area contributed by atoms with Crippen LogP contribution in [0, 0.1) is 10.1 Å². The van der Waals surface area contributed by atoms with E-state index in [1.54, 1.807) is 18.2 Å². The molecule has 0 unspecified atom stereocenters. The minimum Gasteiger partial charge on any atom is -0.493 e. The molecule has 1 aromatic rings. The molecular weight excluding hydrogens is 278 g/mol. The molecule has 0 aromatic heterocycles. The second kappa shape index (κ2) is 5.50. The van der Waals surface area contributed by atoms with Gasteiger partial charge in [0.1, 0.15) is 0 Å². The highest BCUT2D eigenvalue weighted by atomic mass is 79.9. The number of hydrogen-bond donors (Lipinski definition) is 0. The Morgan fingerprint density at radius 2 is 2.00 bits per heavy atom. The molecule has 16 heavy (non-hydrogen) atoms. The van der Waals surface area contributed by atoms with Crippen LogP contribution in [-0.2, 0) is 0 Å². The molecule has 0 aliphatic carbocycles. The van der Waals surface area contributed by atoms with Gasteiger partial charge in [0.2, 0.25) is 0 Å². The number of hydrogen-bond acceptors (Lipinski definition) is 4. The minimum atomic E-state index is -0.517. The molecule has 0 fully saturated rings. The van der Waals surface area contributed by atoms with Crippen molar-refractivity contribution in [3.05, 3.63) is 38.5 Å². The average molecular weight is 288 g/mol. The first-order valence-electron chi connectivity index (χ1n) is 4.32. The summed E-state index contributed by atoms with van der Waals surface area (Å²) in [6.45, 7) is 0. The van der Waals surface area contributed by atoms with Crippen LogP contribution in [0.15, 0.2) is 22.8 Å². The highest BCUT2D eigenvalue weighted by Gasteiger charge is 2.07. The Kier molecular flexibility index (Phi) is 4.30. The van der Waals surface area contributed by atoms with Crippen LogP contribution < -0.4 is 9.47 Å². The first-order valence-corrected chi connectivity index (χ1v) is 5.11. The van der Waals surface area contributed by atoms with Crippen LogP contribution in [0.25, 0.3) is 6.08 Å². The predicted molar refractivity (Wildman–Crippen MR) is 63.4 cm³/mol. The van der Waals surface area contributed by atoms with Crippen LogP contribution in [-0.4, -0.2) is 19.1 Å². The van der Waals surface area contributed by atoms with Gasteiger partial charge < -0.3 is 9.47 Å². The molecule has 0 saturated heterocycles. The van der Waals surface area contributed by atoms with Crippen LogP contribution >= 0.6 is 15.9 Å². The molecule has 5 nitrogen and oxygen atoms in total. The van der Waals surface area contributed by atoms with E-state index in [2.05, 4.69) is 15.9 Å². The van der Waals surface area contributed by atoms with Gasteiger partial charge in [-0.15, -0.1) is 0 Å². The smallest absolute Gasteiger partial charge is 0.311 e. The zero-order chi connectivity index (χ0) is 12.1. The first-order chi connectivity index (χ1) is 7.58. The molecule has 0 saturated carbocycles. The Labute approximate surface area is 101 Å². The van der Waals surface area contributed by atoms with Gasteiger partial charge in [-0.2, -0.15) is 0 Å². The standard InChI is InChI=1S/C10H10BrNO4/c1-15-8-4-3-7(5-9(8)16-2)6-10(11)12(13)14/h3-6H,1-2H3. The van der Waals surface area contributed by atoms with E-state index in [1.807, 2.05) is 0 Å². The lowest BCUT2D eigenvalue weighted by Crippen LogP contribution is -1.92. The summed E-state index contributed by atoms with van der Waals surface area (Å²) in [5.41, 5.74) is 0.654. The maximum Gasteiger partial charge on any atom is 0.311 e. The van der Waals surface area contributed by atoms with Crippen molar-refractivity contribution in [2.24, 2.45) is 0 Å². The molecule has 0 radical (unpaired) electrons. The lowest BCUT2D eigenvalue weighted by Gasteiger charge is -2.07. The Morgan fingerprint density at radius 1 is 1.38 bits per heavy atom. The highest BCUT2D eigenvalue weighted by molar-refractivity contribution is 9.11. The zero-order valence-corrected chi connectivity index (χ0v) is 10.4. The van der Waals surface area contributed by atoms with Crippen LogP contribution in [0.1, 0.15) is 5.56 Å². The van der Waals surface area contributed by atoms with Crippen LogP contribution in [0.4, 0.5) is 0 Å². The number of nitro groups is 1. The second-order valence-electron chi connectivity index (χ2n) is 2.84. The topological polar surface area (TPSA) is 61.6 Å². The molecule has 6 heteroatoms. The van der Waals surface area contributed by atoms with Crippen molar-refractivity contribution in [1.29, 1.82) is 0 Å². The Hall–Kier alpha value is -1.56. The van der Waals surface area contributed by atoms with Crippen LogP contribution in [0.5, 0.6) is 11.5 Å². The summed E-state index contributed by atoms with van der Waals surface area (Å²) < 4.78 is 10.0. The van der Waals surface area contributed by atoms with Gasteiger partial charge in [-0.05, 0) is 17.7 Å². The normalized spacial score (nSPS) is 11.1. The SMILES string of the molecule is COc1ccc(C=C(Br)[N+](=O)[O-])cc1OC. The fraction of sp³-hybridized carbons (Fsp3) is 0.200. The summed E-state index contributed by atoms with van der Waals surface area (Å²) in [5, 5.41) is 10.4. The van der Waals surface area contributed by atoms with Gasteiger partial charge in [0.25, 0.3) is 0 Å². The number of ether oxygens (including phenoxy) is 2. The van der Waals surface area contributed by atoms with E-state index < -0.39 is 4.92 Å². The predicted octanol–water partition coefficient (Wildman–Crippen LogP) is 2.67. The molecule has 0 aliphatic heterocycles. The molecule has 1 aromatic carbocycles. The second-order valence-corrected chi connectivity index (χ2v) is 3.65. The van der Waals surface area contributed by atoms with E-state index in [0.717, 1.165) is 0 Å². The van der Waals surface area contributed by atoms with E-state index in [0.29, 0.717) is 17.1 Å². The molecule has 0 aliphatic rings. The number of nitrogens with zero attached hydrogens (tertiary/aromatic N) is 1. The van der Waals surface area contributed by atoms with Crippen molar-refractivity contribution < 1.29 is 14.4 Å². The van der Waals surface area contributed by atoms with Crippen molar-refractivity contribution in [2.75, 3.05) is 14.2 Å². The average Bonchev–Trinajstić information content (AvgIpc) is 2.28. The molecule has 0 N–H and O–H groups in total. The summed E-state index contributed by atoms with van der Waals surface area (Å²) in [5.74, 6) is 1.11. The van der Waals surface area contributed by atoms with Crippen molar-refractivity contribution >= 4 is 22.0 Å². The van der Waals surface area contributed by atoms with Gasteiger partial charge in [-0.1, -0.05) is 6.07 Å². The van der Waals surface area contributed by atoms with Crippen LogP contribution in [0.3, 0.4) is 0 Å². The summed E-state index contributed by atoms with van der Waals surface area (Å²) in [4.78, 5) is 9.90. The maximum atomic E-state index is 10.4. The van der Waals surface area contributed by atoms with Gasteiger partial charge in [0, 0.05) is 22.0 Å². The summed E-state index contributed by atoms with van der Waals surface area (Å²) in [7, 11) is 3.04. The van der Waals surface area contributed by atoms with Crippen molar-refractivity contribution in [3.63, 3.8) is 0 Å². The third-order valence-electron chi connectivity index (χ3n) is 1.87. The Balaban J connectivity index is 3.09. The number of methoxy groups -OCH3 is 2. The van der Waals surface area contributed by atoms with Crippen molar-refractivity contribution in [2.45, 2.75) is 0 Å². The third-order valence-corrected chi connectivity index (χ3v) is 2.39. The van der Waals surface area contributed by atoms with E-state index in [9.17, 15) is 10.1 Å².